The average Bonchev–Trinajstić information content (AvgIpc) is 2.41. The predicted octanol–water partition coefficient (Wildman–Crippen LogP) is 3.26. The Balaban J connectivity index is 2.32. The van der Waals surface area contributed by atoms with Crippen molar-refractivity contribution in [2.75, 3.05) is 20.8 Å². The van der Waals surface area contributed by atoms with Gasteiger partial charge in [-0.3, -0.25) is 0 Å². The summed E-state index contributed by atoms with van der Waals surface area (Å²) in [5.74, 6) is -0.507. The zero-order chi connectivity index (χ0) is 14.3. The first-order valence-electron chi connectivity index (χ1n) is 6.57. The first-order valence-corrected chi connectivity index (χ1v) is 6.95. The lowest BCUT2D eigenvalue weighted by molar-refractivity contribution is -0.196. The molecule has 0 aliphatic rings. The standard InChI is InChI=1S/C15H24ClNO2/c1-12(11-13-5-7-14(16)8-6-13)17-10-9-15(2,18-3)19-4/h5-8,12,17H,9-11H2,1-4H3. The Bertz CT molecular complexity index is 363. The second-order valence-corrected chi connectivity index (χ2v) is 5.41. The monoisotopic (exact) mass is 285 g/mol. The number of hydrogen-bond donors (Lipinski definition) is 1. The van der Waals surface area contributed by atoms with E-state index in [4.69, 9.17) is 21.1 Å². The van der Waals surface area contributed by atoms with Gasteiger partial charge in [-0.1, -0.05) is 23.7 Å². The number of nitrogens with one attached hydrogen (secondary N) is 1. The third-order valence-electron chi connectivity index (χ3n) is 3.39. The maximum Gasteiger partial charge on any atom is 0.165 e. The summed E-state index contributed by atoms with van der Waals surface area (Å²) in [5, 5.41) is 4.26. The Morgan fingerprint density at radius 1 is 1.21 bits per heavy atom. The van der Waals surface area contributed by atoms with Crippen LogP contribution in [0, 0.1) is 0 Å². The van der Waals surface area contributed by atoms with Crippen molar-refractivity contribution < 1.29 is 9.47 Å². The van der Waals surface area contributed by atoms with Crippen LogP contribution in [0.5, 0.6) is 0 Å². The summed E-state index contributed by atoms with van der Waals surface area (Å²) in [6.07, 6.45) is 1.79. The van der Waals surface area contributed by atoms with E-state index in [0.29, 0.717) is 6.04 Å². The van der Waals surface area contributed by atoms with Gasteiger partial charge in [0.2, 0.25) is 0 Å². The fourth-order valence-electron chi connectivity index (χ4n) is 1.88. The van der Waals surface area contributed by atoms with E-state index in [1.165, 1.54) is 5.56 Å². The Labute approximate surface area is 121 Å². The van der Waals surface area contributed by atoms with Gasteiger partial charge in [-0.25, -0.2) is 0 Å². The van der Waals surface area contributed by atoms with Crippen LogP contribution in [0.15, 0.2) is 24.3 Å². The van der Waals surface area contributed by atoms with E-state index >= 15 is 0 Å². The van der Waals surface area contributed by atoms with Gasteiger partial charge in [-0.05, 0) is 38.0 Å². The van der Waals surface area contributed by atoms with Gasteiger partial charge < -0.3 is 14.8 Å². The molecule has 0 spiro atoms. The van der Waals surface area contributed by atoms with Crippen molar-refractivity contribution in [2.45, 2.75) is 38.5 Å². The maximum absolute atomic E-state index is 5.87. The van der Waals surface area contributed by atoms with Gasteiger partial charge in [0, 0.05) is 38.2 Å². The van der Waals surface area contributed by atoms with E-state index in [9.17, 15) is 0 Å². The van der Waals surface area contributed by atoms with Gasteiger partial charge >= 0.3 is 0 Å². The quantitative estimate of drug-likeness (QED) is 0.744. The number of ether oxygens (including phenoxy) is 2. The molecule has 1 aromatic rings. The van der Waals surface area contributed by atoms with Crippen LogP contribution in [0.25, 0.3) is 0 Å². The summed E-state index contributed by atoms with van der Waals surface area (Å²) in [5.41, 5.74) is 1.28. The lowest BCUT2D eigenvalue weighted by atomic mass is 10.1. The molecule has 0 fully saturated rings. The molecular weight excluding hydrogens is 262 g/mol. The molecule has 0 saturated carbocycles. The minimum Gasteiger partial charge on any atom is -0.353 e. The molecule has 0 radical (unpaired) electrons. The molecule has 0 bridgehead atoms. The van der Waals surface area contributed by atoms with Crippen molar-refractivity contribution >= 4 is 11.6 Å². The third kappa shape index (κ3) is 5.91. The Hall–Kier alpha value is -0.610. The summed E-state index contributed by atoms with van der Waals surface area (Å²) in [6, 6.07) is 8.39. The Morgan fingerprint density at radius 3 is 2.32 bits per heavy atom. The molecule has 0 saturated heterocycles. The molecule has 0 heterocycles. The molecule has 0 aliphatic heterocycles. The van der Waals surface area contributed by atoms with E-state index in [0.717, 1.165) is 24.4 Å². The Morgan fingerprint density at radius 2 is 1.79 bits per heavy atom. The number of hydrogen-bond acceptors (Lipinski definition) is 3. The van der Waals surface area contributed by atoms with E-state index in [-0.39, 0.29) is 0 Å². The molecule has 4 heteroatoms. The highest BCUT2D eigenvalue weighted by atomic mass is 35.5. The van der Waals surface area contributed by atoms with Gasteiger partial charge in [0.15, 0.2) is 5.79 Å². The van der Waals surface area contributed by atoms with Crippen molar-refractivity contribution in [3.8, 4) is 0 Å². The predicted molar refractivity (Wildman–Crippen MR) is 79.7 cm³/mol. The number of benzene rings is 1. The fourth-order valence-corrected chi connectivity index (χ4v) is 2.01. The smallest absolute Gasteiger partial charge is 0.165 e. The minimum atomic E-state index is -0.507. The van der Waals surface area contributed by atoms with Crippen molar-refractivity contribution in [3.05, 3.63) is 34.9 Å². The lowest BCUT2D eigenvalue weighted by Crippen LogP contribution is -2.37. The number of methoxy groups -OCH3 is 2. The molecule has 1 rings (SSSR count). The van der Waals surface area contributed by atoms with E-state index in [1.807, 2.05) is 19.1 Å². The largest absolute Gasteiger partial charge is 0.353 e. The molecule has 3 nitrogen and oxygen atoms in total. The van der Waals surface area contributed by atoms with Gasteiger partial charge in [0.25, 0.3) is 0 Å². The molecule has 1 N–H and O–H groups in total. The molecule has 1 unspecified atom stereocenters. The average molecular weight is 286 g/mol. The molecule has 108 valence electrons. The van der Waals surface area contributed by atoms with E-state index < -0.39 is 5.79 Å². The highest BCUT2D eigenvalue weighted by Gasteiger charge is 2.21. The lowest BCUT2D eigenvalue weighted by Gasteiger charge is -2.27. The highest BCUT2D eigenvalue weighted by Crippen LogP contribution is 2.14. The fraction of sp³-hybridized carbons (Fsp3) is 0.600. The Kier molecular flexibility index (Phi) is 6.80. The van der Waals surface area contributed by atoms with Crippen molar-refractivity contribution in [1.82, 2.24) is 5.32 Å². The zero-order valence-corrected chi connectivity index (χ0v) is 13.0. The van der Waals surface area contributed by atoms with Crippen LogP contribution in [0.2, 0.25) is 5.02 Å². The molecule has 0 aromatic heterocycles. The van der Waals surface area contributed by atoms with E-state index in [2.05, 4.69) is 24.4 Å². The summed E-state index contributed by atoms with van der Waals surface area (Å²) in [6.45, 7) is 4.97. The minimum absolute atomic E-state index is 0.402. The second-order valence-electron chi connectivity index (χ2n) is 4.98. The normalized spacial score (nSPS) is 13.5. The van der Waals surface area contributed by atoms with Crippen LogP contribution in [0.4, 0.5) is 0 Å². The van der Waals surface area contributed by atoms with Crippen LogP contribution < -0.4 is 5.32 Å². The van der Waals surface area contributed by atoms with Gasteiger partial charge in [0.05, 0.1) is 0 Å². The van der Waals surface area contributed by atoms with Crippen molar-refractivity contribution in [2.24, 2.45) is 0 Å². The molecule has 0 aliphatic carbocycles. The van der Waals surface area contributed by atoms with Crippen LogP contribution in [-0.2, 0) is 15.9 Å². The maximum atomic E-state index is 5.87. The first-order chi connectivity index (χ1) is 8.99. The van der Waals surface area contributed by atoms with E-state index in [1.54, 1.807) is 14.2 Å². The van der Waals surface area contributed by atoms with Crippen LogP contribution in [0.1, 0.15) is 25.8 Å². The third-order valence-corrected chi connectivity index (χ3v) is 3.64. The highest BCUT2D eigenvalue weighted by molar-refractivity contribution is 6.30. The van der Waals surface area contributed by atoms with Gasteiger partial charge in [-0.15, -0.1) is 0 Å². The molecule has 1 atom stereocenters. The summed E-state index contributed by atoms with van der Waals surface area (Å²) in [4.78, 5) is 0. The molecule has 19 heavy (non-hydrogen) atoms. The second kappa shape index (κ2) is 7.85. The SMILES string of the molecule is COC(C)(CCNC(C)Cc1ccc(Cl)cc1)OC. The van der Waals surface area contributed by atoms with Crippen LogP contribution in [0.3, 0.4) is 0 Å². The van der Waals surface area contributed by atoms with Gasteiger partial charge in [0.1, 0.15) is 0 Å². The van der Waals surface area contributed by atoms with Crippen molar-refractivity contribution in [3.63, 3.8) is 0 Å². The topological polar surface area (TPSA) is 30.5 Å². The molecule has 1 aromatic carbocycles. The van der Waals surface area contributed by atoms with Crippen molar-refractivity contribution in [1.29, 1.82) is 0 Å². The summed E-state index contributed by atoms with van der Waals surface area (Å²) in [7, 11) is 3.33. The first kappa shape index (κ1) is 16.4. The number of rotatable bonds is 8. The van der Waals surface area contributed by atoms with Gasteiger partial charge in [-0.2, -0.15) is 0 Å². The molecule has 0 amide bonds. The summed E-state index contributed by atoms with van der Waals surface area (Å²) >= 11 is 5.87. The van der Waals surface area contributed by atoms with Crippen LogP contribution >= 0.6 is 11.6 Å². The number of halogens is 1. The zero-order valence-electron chi connectivity index (χ0n) is 12.2. The summed E-state index contributed by atoms with van der Waals surface area (Å²) < 4.78 is 10.6. The molecular formula is C15H24ClNO2. The van der Waals surface area contributed by atoms with Crippen LogP contribution in [-0.4, -0.2) is 32.6 Å².